The quantitative estimate of drug-likeness (QED) is 0.547. The summed E-state index contributed by atoms with van der Waals surface area (Å²) in [5.74, 6) is -0.109. The van der Waals surface area contributed by atoms with E-state index in [1.807, 2.05) is 30.3 Å². The van der Waals surface area contributed by atoms with E-state index < -0.39 is 0 Å². The molecule has 1 saturated heterocycles. The molecule has 2 aromatic rings. The highest BCUT2D eigenvalue weighted by Crippen LogP contribution is 2.36. The van der Waals surface area contributed by atoms with Gasteiger partial charge in [-0.05, 0) is 41.8 Å². The SMILES string of the molecule is CCc1ccc(/C=C2/SC(=S)N(c3cccc(Cl)c3)C2=O)cc1. The third-order valence-corrected chi connectivity index (χ3v) is 5.08. The van der Waals surface area contributed by atoms with E-state index in [1.54, 1.807) is 12.1 Å². The third kappa shape index (κ3) is 3.50. The summed E-state index contributed by atoms with van der Waals surface area (Å²) in [5.41, 5.74) is 2.96. The van der Waals surface area contributed by atoms with Gasteiger partial charge >= 0.3 is 0 Å². The zero-order valence-corrected chi connectivity index (χ0v) is 14.8. The number of carbonyl (C=O) groups excluding carboxylic acids is 1. The highest BCUT2D eigenvalue weighted by Gasteiger charge is 2.33. The predicted molar refractivity (Wildman–Crippen MR) is 103 cm³/mol. The number of amides is 1. The maximum Gasteiger partial charge on any atom is 0.270 e. The Hall–Kier alpha value is -1.62. The molecule has 0 spiro atoms. The van der Waals surface area contributed by atoms with Crippen LogP contribution in [0.25, 0.3) is 6.08 Å². The first kappa shape index (κ1) is 16.2. The number of hydrogen-bond donors (Lipinski definition) is 0. The van der Waals surface area contributed by atoms with E-state index in [4.69, 9.17) is 23.8 Å². The van der Waals surface area contributed by atoms with Crippen molar-refractivity contribution in [2.45, 2.75) is 13.3 Å². The predicted octanol–water partition coefficient (Wildman–Crippen LogP) is 5.31. The molecule has 0 bridgehead atoms. The summed E-state index contributed by atoms with van der Waals surface area (Å²) >= 11 is 12.7. The molecule has 3 rings (SSSR count). The van der Waals surface area contributed by atoms with Crippen LogP contribution >= 0.6 is 35.6 Å². The number of halogens is 1. The zero-order chi connectivity index (χ0) is 16.4. The van der Waals surface area contributed by atoms with E-state index in [1.165, 1.54) is 22.2 Å². The Morgan fingerprint density at radius 1 is 1.22 bits per heavy atom. The van der Waals surface area contributed by atoms with Crippen LogP contribution in [0.5, 0.6) is 0 Å². The van der Waals surface area contributed by atoms with Gasteiger partial charge in [0.15, 0.2) is 4.32 Å². The van der Waals surface area contributed by atoms with Crippen molar-refractivity contribution in [3.63, 3.8) is 0 Å². The molecule has 1 heterocycles. The fraction of sp³-hybridized carbons (Fsp3) is 0.111. The van der Waals surface area contributed by atoms with Gasteiger partial charge in [-0.2, -0.15) is 0 Å². The molecule has 5 heteroatoms. The minimum atomic E-state index is -0.109. The molecule has 2 nitrogen and oxygen atoms in total. The van der Waals surface area contributed by atoms with Crippen LogP contribution < -0.4 is 4.90 Å². The van der Waals surface area contributed by atoms with Crippen LogP contribution in [0, 0.1) is 0 Å². The highest BCUT2D eigenvalue weighted by molar-refractivity contribution is 8.27. The Balaban J connectivity index is 1.89. The van der Waals surface area contributed by atoms with Gasteiger partial charge in [-0.15, -0.1) is 0 Å². The van der Waals surface area contributed by atoms with E-state index in [0.29, 0.717) is 19.9 Å². The van der Waals surface area contributed by atoms with Crippen molar-refractivity contribution >= 4 is 57.6 Å². The molecule has 0 saturated carbocycles. The van der Waals surface area contributed by atoms with Crippen molar-refractivity contribution in [2.24, 2.45) is 0 Å². The molecule has 1 amide bonds. The molecule has 1 fully saturated rings. The standard InChI is InChI=1S/C18H14ClNOS2/c1-2-12-6-8-13(9-7-12)10-16-17(21)20(18(22)23-16)15-5-3-4-14(19)11-15/h3-11H,2H2,1H3/b16-10+. The van der Waals surface area contributed by atoms with Crippen LogP contribution in [0.1, 0.15) is 18.1 Å². The normalized spacial score (nSPS) is 16.4. The summed E-state index contributed by atoms with van der Waals surface area (Å²) in [6.45, 7) is 2.12. The number of anilines is 1. The Kier molecular flexibility index (Phi) is 4.85. The van der Waals surface area contributed by atoms with E-state index in [9.17, 15) is 4.79 Å². The number of thioether (sulfide) groups is 1. The number of rotatable bonds is 3. The second-order valence-electron chi connectivity index (χ2n) is 5.09. The number of hydrogen-bond acceptors (Lipinski definition) is 3. The molecule has 0 aliphatic carbocycles. The van der Waals surface area contributed by atoms with Gasteiger partial charge in [0.2, 0.25) is 0 Å². The third-order valence-electron chi connectivity index (χ3n) is 3.55. The van der Waals surface area contributed by atoms with E-state index in [2.05, 4.69) is 19.1 Å². The molecule has 0 radical (unpaired) electrons. The summed E-state index contributed by atoms with van der Waals surface area (Å²) < 4.78 is 0.522. The van der Waals surface area contributed by atoms with Gasteiger partial charge in [0.1, 0.15) is 0 Å². The van der Waals surface area contributed by atoms with Crippen molar-refractivity contribution in [1.29, 1.82) is 0 Å². The summed E-state index contributed by atoms with van der Waals surface area (Å²) in [7, 11) is 0. The van der Waals surface area contributed by atoms with Crippen molar-refractivity contribution in [3.8, 4) is 0 Å². The van der Waals surface area contributed by atoms with Crippen LogP contribution in [0.15, 0.2) is 53.4 Å². The second kappa shape index (κ2) is 6.87. The Morgan fingerprint density at radius 3 is 2.61 bits per heavy atom. The molecule has 0 unspecified atom stereocenters. The van der Waals surface area contributed by atoms with Crippen LogP contribution in [0.3, 0.4) is 0 Å². The van der Waals surface area contributed by atoms with E-state index in [-0.39, 0.29) is 5.91 Å². The van der Waals surface area contributed by atoms with Gasteiger partial charge in [-0.3, -0.25) is 9.69 Å². The minimum absolute atomic E-state index is 0.109. The molecule has 23 heavy (non-hydrogen) atoms. The van der Waals surface area contributed by atoms with Gasteiger partial charge in [0.25, 0.3) is 5.91 Å². The molecule has 1 aliphatic heterocycles. The van der Waals surface area contributed by atoms with Crippen LogP contribution in [0.2, 0.25) is 5.02 Å². The van der Waals surface area contributed by atoms with Crippen LogP contribution in [-0.4, -0.2) is 10.2 Å². The molecule has 2 aromatic carbocycles. The van der Waals surface area contributed by atoms with Crippen molar-refractivity contribution < 1.29 is 4.79 Å². The maximum atomic E-state index is 12.7. The average Bonchev–Trinajstić information content (AvgIpc) is 2.82. The molecule has 0 atom stereocenters. The molecule has 116 valence electrons. The largest absolute Gasteiger partial charge is 0.270 e. The van der Waals surface area contributed by atoms with Gasteiger partial charge in [0, 0.05) is 5.02 Å². The minimum Gasteiger partial charge on any atom is -0.268 e. The summed E-state index contributed by atoms with van der Waals surface area (Å²) in [6, 6.07) is 15.3. The van der Waals surface area contributed by atoms with E-state index >= 15 is 0 Å². The van der Waals surface area contributed by atoms with Crippen molar-refractivity contribution in [3.05, 3.63) is 69.6 Å². The van der Waals surface area contributed by atoms with Crippen molar-refractivity contribution in [2.75, 3.05) is 4.90 Å². The Bertz CT molecular complexity index is 799. The number of nitrogens with zero attached hydrogens (tertiary/aromatic N) is 1. The number of aryl methyl sites for hydroxylation is 1. The Labute approximate surface area is 150 Å². The second-order valence-corrected chi connectivity index (χ2v) is 7.20. The molecule has 1 aliphatic rings. The summed E-state index contributed by atoms with van der Waals surface area (Å²) in [5, 5.41) is 0.579. The van der Waals surface area contributed by atoms with Crippen LogP contribution in [0.4, 0.5) is 5.69 Å². The van der Waals surface area contributed by atoms with Gasteiger partial charge in [-0.1, -0.05) is 72.8 Å². The summed E-state index contributed by atoms with van der Waals surface area (Å²) in [4.78, 5) is 14.8. The fourth-order valence-corrected chi connectivity index (χ4v) is 3.79. The highest BCUT2D eigenvalue weighted by atomic mass is 35.5. The first-order valence-corrected chi connectivity index (χ1v) is 8.81. The maximum absolute atomic E-state index is 12.7. The first-order valence-electron chi connectivity index (χ1n) is 7.21. The molecule has 0 N–H and O–H groups in total. The lowest BCUT2D eigenvalue weighted by molar-refractivity contribution is -0.113. The molecule has 0 aromatic heterocycles. The topological polar surface area (TPSA) is 20.3 Å². The fourth-order valence-electron chi connectivity index (χ4n) is 2.31. The zero-order valence-electron chi connectivity index (χ0n) is 12.5. The van der Waals surface area contributed by atoms with E-state index in [0.717, 1.165) is 12.0 Å². The lowest BCUT2D eigenvalue weighted by Crippen LogP contribution is -2.27. The Morgan fingerprint density at radius 2 is 1.96 bits per heavy atom. The number of thiocarbonyl (C=S) groups is 1. The number of carbonyl (C=O) groups is 1. The lowest BCUT2D eigenvalue weighted by atomic mass is 10.1. The monoisotopic (exact) mass is 359 g/mol. The molecular formula is C18H14ClNOS2. The lowest BCUT2D eigenvalue weighted by Gasteiger charge is -2.14. The van der Waals surface area contributed by atoms with Crippen molar-refractivity contribution in [1.82, 2.24) is 0 Å². The number of benzene rings is 2. The molecular weight excluding hydrogens is 346 g/mol. The first-order chi connectivity index (χ1) is 11.1. The van der Waals surface area contributed by atoms with Gasteiger partial charge in [0.05, 0.1) is 10.6 Å². The summed E-state index contributed by atoms with van der Waals surface area (Å²) in [6.07, 6.45) is 2.88. The van der Waals surface area contributed by atoms with Crippen LogP contribution in [-0.2, 0) is 11.2 Å². The van der Waals surface area contributed by atoms with Gasteiger partial charge < -0.3 is 0 Å². The van der Waals surface area contributed by atoms with Gasteiger partial charge in [-0.25, -0.2) is 0 Å². The average molecular weight is 360 g/mol. The smallest absolute Gasteiger partial charge is 0.268 e.